The van der Waals surface area contributed by atoms with E-state index < -0.39 is 6.04 Å². The predicted octanol–water partition coefficient (Wildman–Crippen LogP) is 3.90. The van der Waals surface area contributed by atoms with Crippen LogP contribution in [0.4, 0.5) is 10.5 Å². The first-order valence-corrected chi connectivity index (χ1v) is 10.8. The van der Waals surface area contributed by atoms with E-state index in [1.165, 1.54) is 4.57 Å². The summed E-state index contributed by atoms with van der Waals surface area (Å²) in [6.45, 7) is 2.59. The molecule has 1 heterocycles. The number of methoxy groups -OCH3 is 1. The number of rotatable bonds is 7. The molecule has 0 radical (unpaired) electrons. The maximum atomic E-state index is 13.1. The van der Waals surface area contributed by atoms with Crippen LogP contribution in [0.15, 0.2) is 58.2 Å². The van der Waals surface area contributed by atoms with Gasteiger partial charge in [-0.3, -0.25) is 9.36 Å². The largest absolute Gasteiger partial charge is 0.383 e. The number of benzene rings is 2. The molecule has 30 heavy (non-hydrogen) atoms. The minimum Gasteiger partial charge on any atom is -0.383 e. The van der Waals surface area contributed by atoms with Crippen molar-refractivity contribution in [3.63, 3.8) is 0 Å². The number of fused-ring (bicyclic) bond motifs is 1. The number of ether oxygens (including phenoxy) is 1. The summed E-state index contributed by atoms with van der Waals surface area (Å²) in [6, 6.07) is 14.2. The van der Waals surface area contributed by atoms with Gasteiger partial charge in [0.05, 0.1) is 23.6 Å². The highest BCUT2D eigenvalue weighted by atomic mass is 32.2. The Morgan fingerprint density at radius 1 is 1.23 bits per heavy atom. The van der Waals surface area contributed by atoms with Gasteiger partial charge in [0.2, 0.25) is 0 Å². The second-order valence-corrected chi connectivity index (χ2v) is 7.75. The Hall–Kier alpha value is -2.84. The Labute approximate surface area is 180 Å². The van der Waals surface area contributed by atoms with Crippen molar-refractivity contribution >= 4 is 34.4 Å². The van der Waals surface area contributed by atoms with Crippen LogP contribution in [0.1, 0.15) is 18.8 Å². The first kappa shape index (κ1) is 21.9. The van der Waals surface area contributed by atoms with Crippen LogP contribution in [-0.4, -0.2) is 47.0 Å². The maximum absolute atomic E-state index is 13.1. The summed E-state index contributed by atoms with van der Waals surface area (Å²) in [6.07, 6.45) is 2.00. The number of carbonyl (C=O) groups is 1. The number of hydrogen-bond acceptors (Lipinski definition) is 5. The van der Waals surface area contributed by atoms with E-state index in [9.17, 15) is 9.59 Å². The first-order valence-electron chi connectivity index (χ1n) is 9.62. The van der Waals surface area contributed by atoms with Gasteiger partial charge in [0, 0.05) is 31.3 Å². The Balaban J connectivity index is 1.92. The monoisotopic (exact) mass is 426 g/mol. The quantitative estimate of drug-likeness (QED) is 0.580. The molecule has 1 N–H and O–H groups in total. The highest BCUT2D eigenvalue weighted by Gasteiger charge is 2.25. The summed E-state index contributed by atoms with van der Waals surface area (Å²) in [4.78, 5) is 33.3. The highest BCUT2D eigenvalue weighted by molar-refractivity contribution is 7.98. The van der Waals surface area contributed by atoms with Crippen molar-refractivity contribution < 1.29 is 9.53 Å². The number of urea groups is 1. The van der Waals surface area contributed by atoms with E-state index in [0.717, 1.165) is 4.90 Å². The third-order valence-corrected chi connectivity index (χ3v) is 5.74. The molecular weight excluding hydrogens is 400 g/mol. The Morgan fingerprint density at radius 3 is 2.60 bits per heavy atom. The van der Waals surface area contributed by atoms with Gasteiger partial charge in [0.25, 0.3) is 5.56 Å². The van der Waals surface area contributed by atoms with E-state index in [1.807, 2.05) is 49.6 Å². The molecule has 0 bridgehead atoms. The lowest BCUT2D eigenvalue weighted by Crippen LogP contribution is -2.41. The Kier molecular flexibility index (Phi) is 7.12. The molecule has 2 amide bonds. The van der Waals surface area contributed by atoms with Gasteiger partial charge in [-0.1, -0.05) is 12.1 Å². The molecule has 2 aromatic carbocycles. The van der Waals surface area contributed by atoms with E-state index >= 15 is 0 Å². The molecule has 0 saturated heterocycles. The van der Waals surface area contributed by atoms with Crippen LogP contribution < -0.4 is 10.9 Å². The van der Waals surface area contributed by atoms with Crippen molar-refractivity contribution in [2.24, 2.45) is 7.05 Å². The standard InChI is InChI=1S/C22H26N4O3S/c1-15(20-24-19-8-6-5-7-18(19)21(27)25(20)2)26(13-14-29-3)22(28)23-16-9-11-17(30-4)12-10-16/h5-12,15H,13-14H2,1-4H3,(H,23,28). The Bertz CT molecular complexity index is 1080. The zero-order chi connectivity index (χ0) is 21.7. The lowest BCUT2D eigenvalue weighted by Gasteiger charge is -2.30. The molecule has 0 aliphatic carbocycles. The van der Waals surface area contributed by atoms with Crippen LogP contribution >= 0.6 is 11.8 Å². The molecular formula is C22H26N4O3S. The molecule has 3 rings (SSSR count). The lowest BCUT2D eigenvalue weighted by atomic mass is 10.2. The first-order chi connectivity index (χ1) is 14.5. The van der Waals surface area contributed by atoms with Crippen LogP contribution in [0, 0.1) is 0 Å². The van der Waals surface area contributed by atoms with Crippen LogP contribution in [-0.2, 0) is 11.8 Å². The van der Waals surface area contributed by atoms with E-state index in [4.69, 9.17) is 4.74 Å². The summed E-state index contributed by atoms with van der Waals surface area (Å²) in [5, 5.41) is 3.48. The number of para-hydroxylation sites is 1. The molecule has 8 heteroatoms. The molecule has 0 spiro atoms. The normalized spacial score (nSPS) is 12.0. The van der Waals surface area contributed by atoms with E-state index in [-0.39, 0.29) is 11.6 Å². The van der Waals surface area contributed by atoms with Gasteiger partial charge in [0.1, 0.15) is 5.82 Å². The number of aromatic nitrogens is 2. The molecule has 0 aliphatic heterocycles. The van der Waals surface area contributed by atoms with Crippen LogP contribution in [0.25, 0.3) is 10.9 Å². The minimum absolute atomic E-state index is 0.137. The molecule has 0 saturated carbocycles. The van der Waals surface area contributed by atoms with Crippen molar-refractivity contribution in [3.8, 4) is 0 Å². The maximum Gasteiger partial charge on any atom is 0.322 e. The van der Waals surface area contributed by atoms with Crippen molar-refractivity contribution in [2.75, 3.05) is 31.8 Å². The van der Waals surface area contributed by atoms with Crippen LogP contribution in [0.2, 0.25) is 0 Å². The van der Waals surface area contributed by atoms with Crippen molar-refractivity contribution in [1.29, 1.82) is 0 Å². The molecule has 0 fully saturated rings. The number of hydrogen-bond donors (Lipinski definition) is 1. The third kappa shape index (κ3) is 4.66. The topological polar surface area (TPSA) is 76.5 Å². The smallest absolute Gasteiger partial charge is 0.322 e. The molecule has 0 aliphatic rings. The minimum atomic E-state index is -0.437. The fraction of sp³-hybridized carbons (Fsp3) is 0.318. The predicted molar refractivity (Wildman–Crippen MR) is 121 cm³/mol. The zero-order valence-electron chi connectivity index (χ0n) is 17.6. The van der Waals surface area contributed by atoms with Crippen LogP contribution in [0.3, 0.4) is 0 Å². The molecule has 1 aromatic heterocycles. The van der Waals surface area contributed by atoms with E-state index in [1.54, 1.807) is 43.0 Å². The zero-order valence-corrected chi connectivity index (χ0v) is 18.4. The van der Waals surface area contributed by atoms with E-state index in [0.29, 0.717) is 35.6 Å². The van der Waals surface area contributed by atoms with Crippen molar-refractivity contribution in [2.45, 2.75) is 17.9 Å². The second kappa shape index (κ2) is 9.77. The van der Waals surface area contributed by atoms with Gasteiger partial charge >= 0.3 is 6.03 Å². The van der Waals surface area contributed by atoms with Crippen molar-refractivity contribution in [1.82, 2.24) is 14.5 Å². The second-order valence-electron chi connectivity index (χ2n) is 6.87. The SMILES string of the molecule is COCCN(C(=O)Nc1ccc(SC)cc1)C(C)c1nc2ccccc2c(=O)n1C. The molecule has 158 valence electrons. The van der Waals surface area contributed by atoms with Gasteiger partial charge in [0.15, 0.2) is 0 Å². The fourth-order valence-electron chi connectivity index (χ4n) is 3.28. The number of nitrogens with zero attached hydrogens (tertiary/aromatic N) is 3. The average Bonchev–Trinajstić information content (AvgIpc) is 2.77. The van der Waals surface area contributed by atoms with Gasteiger partial charge < -0.3 is 15.0 Å². The summed E-state index contributed by atoms with van der Waals surface area (Å²) in [7, 11) is 3.27. The molecule has 7 nitrogen and oxygen atoms in total. The number of nitrogens with one attached hydrogen (secondary N) is 1. The summed E-state index contributed by atoms with van der Waals surface area (Å²) >= 11 is 1.64. The number of anilines is 1. The summed E-state index contributed by atoms with van der Waals surface area (Å²) < 4.78 is 6.71. The third-order valence-electron chi connectivity index (χ3n) is 5.00. The Morgan fingerprint density at radius 2 is 1.93 bits per heavy atom. The number of carbonyl (C=O) groups excluding carboxylic acids is 1. The molecule has 1 unspecified atom stereocenters. The molecule has 1 atom stereocenters. The summed E-state index contributed by atoms with van der Waals surface area (Å²) in [5.74, 6) is 0.516. The van der Waals surface area contributed by atoms with Crippen LogP contribution in [0.5, 0.6) is 0 Å². The van der Waals surface area contributed by atoms with E-state index in [2.05, 4.69) is 10.3 Å². The highest BCUT2D eigenvalue weighted by Crippen LogP contribution is 2.22. The fourth-order valence-corrected chi connectivity index (χ4v) is 3.69. The number of amides is 2. The van der Waals surface area contributed by atoms with Gasteiger partial charge in [-0.2, -0.15) is 0 Å². The number of thioether (sulfide) groups is 1. The van der Waals surface area contributed by atoms with Crippen molar-refractivity contribution in [3.05, 3.63) is 64.7 Å². The summed E-state index contributed by atoms with van der Waals surface area (Å²) in [5.41, 5.74) is 1.18. The van der Waals surface area contributed by atoms with Gasteiger partial charge in [-0.15, -0.1) is 11.8 Å². The van der Waals surface area contributed by atoms with Gasteiger partial charge in [-0.05, 0) is 49.6 Å². The average molecular weight is 427 g/mol. The lowest BCUT2D eigenvalue weighted by molar-refractivity contribution is 0.136. The molecule has 3 aromatic rings. The van der Waals surface area contributed by atoms with Gasteiger partial charge in [-0.25, -0.2) is 9.78 Å².